The normalized spacial score (nSPS) is 11.0. The molecule has 0 aliphatic heterocycles. The smallest absolute Gasteiger partial charge is 0.338 e. The summed E-state index contributed by atoms with van der Waals surface area (Å²) in [4.78, 5) is 23.6. The fraction of sp³-hybridized carbons (Fsp3) is 0.222. The molecule has 9 heteroatoms. The van der Waals surface area contributed by atoms with E-state index in [1.54, 1.807) is 18.2 Å². The number of halogens is 1. The number of esters is 1. The first-order valence-corrected chi connectivity index (χ1v) is 9.52. The van der Waals surface area contributed by atoms with E-state index in [0.717, 1.165) is 6.07 Å². The van der Waals surface area contributed by atoms with Crippen molar-refractivity contribution >= 4 is 21.9 Å². The van der Waals surface area contributed by atoms with Crippen molar-refractivity contribution < 1.29 is 27.1 Å². The van der Waals surface area contributed by atoms with Crippen molar-refractivity contribution in [3.05, 3.63) is 65.5 Å². The van der Waals surface area contributed by atoms with Crippen molar-refractivity contribution in [2.24, 2.45) is 0 Å². The summed E-state index contributed by atoms with van der Waals surface area (Å²) in [5.74, 6) is -1.72. The molecule has 0 atom stereocenters. The molecular formula is C18H19FN2O5S. The molecule has 0 saturated heterocycles. The molecule has 27 heavy (non-hydrogen) atoms. The van der Waals surface area contributed by atoms with Gasteiger partial charge in [-0.25, -0.2) is 22.3 Å². The number of hydrogen-bond acceptors (Lipinski definition) is 5. The molecule has 0 heterocycles. The Balaban J connectivity index is 1.84. The monoisotopic (exact) mass is 394 g/mol. The second-order valence-electron chi connectivity index (χ2n) is 5.50. The number of nitrogens with one attached hydrogen (secondary N) is 2. The summed E-state index contributed by atoms with van der Waals surface area (Å²) in [6.07, 6.45) is 0.302. The second kappa shape index (κ2) is 9.24. The number of hydrogen-bond donors (Lipinski definition) is 2. The van der Waals surface area contributed by atoms with Crippen LogP contribution < -0.4 is 10.0 Å². The first-order chi connectivity index (χ1) is 12.8. The highest BCUT2D eigenvalue weighted by Gasteiger charge is 2.16. The first kappa shape index (κ1) is 20.5. The highest BCUT2D eigenvalue weighted by molar-refractivity contribution is 7.89. The van der Waals surface area contributed by atoms with E-state index >= 15 is 0 Å². The molecule has 2 aromatic carbocycles. The molecule has 2 rings (SSSR count). The molecule has 1 amide bonds. The van der Waals surface area contributed by atoms with E-state index < -0.39 is 28.5 Å². The highest BCUT2D eigenvalue weighted by atomic mass is 32.2. The molecule has 0 aliphatic rings. The van der Waals surface area contributed by atoms with Crippen LogP contribution in [0.25, 0.3) is 0 Å². The minimum Gasteiger partial charge on any atom is -0.452 e. The van der Waals surface area contributed by atoms with E-state index in [0.29, 0.717) is 12.0 Å². The van der Waals surface area contributed by atoms with Crippen LogP contribution in [0.2, 0.25) is 0 Å². The van der Waals surface area contributed by atoms with Gasteiger partial charge in [-0.15, -0.1) is 0 Å². The summed E-state index contributed by atoms with van der Waals surface area (Å²) in [5.41, 5.74) is 0.475. The van der Waals surface area contributed by atoms with Gasteiger partial charge in [-0.1, -0.05) is 24.3 Å². The third kappa shape index (κ3) is 5.87. The Kier molecular flexibility index (Phi) is 7.03. The molecular weight excluding hydrogens is 375 g/mol. The fourth-order valence-corrected chi connectivity index (χ4v) is 2.99. The Morgan fingerprint density at radius 3 is 2.56 bits per heavy atom. The van der Waals surface area contributed by atoms with Crippen molar-refractivity contribution in [1.29, 1.82) is 0 Å². The average molecular weight is 394 g/mol. The molecule has 7 nitrogen and oxygen atoms in total. The number of carbonyl (C=O) groups is 2. The van der Waals surface area contributed by atoms with Crippen LogP contribution >= 0.6 is 0 Å². The minimum atomic E-state index is -3.70. The topological polar surface area (TPSA) is 102 Å². The molecule has 0 fully saturated rings. The summed E-state index contributed by atoms with van der Waals surface area (Å²) in [6, 6.07) is 11.5. The number of carbonyl (C=O) groups excluding carboxylic acids is 2. The maximum atomic E-state index is 13.5. The number of sulfonamides is 1. The maximum absolute atomic E-state index is 13.5. The van der Waals surface area contributed by atoms with Crippen molar-refractivity contribution in [1.82, 2.24) is 10.0 Å². The number of rotatable bonds is 8. The molecule has 0 saturated carbocycles. The maximum Gasteiger partial charge on any atom is 0.338 e. The Morgan fingerprint density at radius 1 is 1.11 bits per heavy atom. The molecule has 0 aliphatic carbocycles. The van der Waals surface area contributed by atoms with Gasteiger partial charge in [0.05, 0.1) is 10.5 Å². The standard InChI is InChI=1S/C18H19FN2O5S/c1-20-27(24,25)15-7-4-6-14(11-15)18(23)26-12-17(22)21-10-9-13-5-2-3-8-16(13)19/h2-8,11,20H,9-10,12H2,1H3,(H,21,22). The van der Waals surface area contributed by atoms with Gasteiger partial charge in [-0.3, -0.25) is 4.79 Å². The van der Waals surface area contributed by atoms with Gasteiger partial charge >= 0.3 is 5.97 Å². The van der Waals surface area contributed by atoms with Gasteiger partial charge in [-0.05, 0) is 43.3 Å². The fourth-order valence-electron chi connectivity index (χ4n) is 2.21. The largest absolute Gasteiger partial charge is 0.452 e. The van der Waals surface area contributed by atoms with E-state index in [4.69, 9.17) is 4.74 Å². The average Bonchev–Trinajstić information content (AvgIpc) is 2.67. The van der Waals surface area contributed by atoms with Crippen LogP contribution in [0.5, 0.6) is 0 Å². The van der Waals surface area contributed by atoms with Crippen molar-refractivity contribution in [2.75, 3.05) is 20.2 Å². The van der Waals surface area contributed by atoms with Gasteiger partial charge in [0, 0.05) is 6.54 Å². The SMILES string of the molecule is CNS(=O)(=O)c1cccc(C(=O)OCC(=O)NCCc2ccccc2F)c1. The quantitative estimate of drug-likeness (QED) is 0.656. The number of benzene rings is 2. The predicted octanol–water partition coefficient (Wildman–Crippen LogP) is 1.25. The van der Waals surface area contributed by atoms with Gasteiger partial charge in [0.15, 0.2) is 6.61 Å². The van der Waals surface area contributed by atoms with Gasteiger partial charge in [-0.2, -0.15) is 0 Å². The van der Waals surface area contributed by atoms with Crippen LogP contribution in [0, 0.1) is 5.82 Å². The number of amides is 1. The van der Waals surface area contributed by atoms with E-state index in [-0.39, 0.29) is 22.8 Å². The molecule has 2 aromatic rings. The molecule has 0 aromatic heterocycles. The lowest BCUT2D eigenvalue weighted by molar-refractivity contribution is -0.124. The second-order valence-corrected chi connectivity index (χ2v) is 7.39. The van der Waals surface area contributed by atoms with E-state index in [1.807, 2.05) is 0 Å². The van der Waals surface area contributed by atoms with Crippen LogP contribution in [0.1, 0.15) is 15.9 Å². The van der Waals surface area contributed by atoms with Crippen LogP contribution in [0.3, 0.4) is 0 Å². The summed E-state index contributed by atoms with van der Waals surface area (Å²) >= 11 is 0. The van der Waals surface area contributed by atoms with E-state index in [9.17, 15) is 22.4 Å². The van der Waals surface area contributed by atoms with Crippen LogP contribution in [-0.2, 0) is 26.0 Å². The van der Waals surface area contributed by atoms with E-state index in [2.05, 4.69) is 10.0 Å². The Labute approximate surface area is 156 Å². The van der Waals surface area contributed by atoms with Gasteiger partial charge in [0.1, 0.15) is 5.82 Å². The molecule has 2 N–H and O–H groups in total. The zero-order valence-electron chi connectivity index (χ0n) is 14.6. The summed E-state index contributed by atoms with van der Waals surface area (Å²) < 4.78 is 44.0. The first-order valence-electron chi connectivity index (χ1n) is 8.04. The van der Waals surface area contributed by atoms with E-state index in [1.165, 1.54) is 31.3 Å². The molecule has 0 radical (unpaired) electrons. The summed E-state index contributed by atoms with van der Waals surface area (Å²) in [5, 5.41) is 2.52. The van der Waals surface area contributed by atoms with Crippen LogP contribution in [0.15, 0.2) is 53.4 Å². The zero-order chi connectivity index (χ0) is 19.9. The summed E-state index contributed by atoms with van der Waals surface area (Å²) in [7, 11) is -2.44. The van der Waals surface area contributed by atoms with Crippen molar-refractivity contribution in [3.63, 3.8) is 0 Å². The minimum absolute atomic E-state index is 0.00508. The molecule has 0 spiro atoms. The third-order valence-electron chi connectivity index (χ3n) is 3.66. The molecule has 0 unspecified atom stereocenters. The Bertz CT molecular complexity index is 931. The van der Waals surface area contributed by atoms with Crippen molar-refractivity contribution in [3.8, 4) is 0 Å². The lowest BCUT2D eigenvalue weighted by Gasteiger charge is -2.08. The van der Waals surface area contributed by atoms with Gasteiger partial charge in [0.2, 0.25) is 10.0 Å². The lowest BCUT2D eigenvalue weighted by atomic mass is 10.1. The Morgan fingerprint density at radius 2 is 1.85 bits per heavy atom. The molecule has 144 valence electrons. The van der Waals surface area contributed by atoms with Crippen molar-refractivity contribution in [2.45, 2.75) is 11.3 Å². The number of ether oxygens (including phenoxy) is 1. The lowest BCUT2D eigenvalue weighted by Crippen LogP contribution is -2.30. The van der Waals surface area contributed by atoms with Gasteiger partial charge in [0.25, 0.3) is 5.91 Å². The predicted molar refractivity (Wildman–Crippen MR) is 96.1 cm³/mol. The summed E-state index contributed by atoms with van der Waals surface area (Å²) in [6.45, 7) is -0.341. The molecule has 0 bridgehead atoms. The Hall–Kier alpha value is -2.78. The third-order valence-corrected chi connectivity index (χ3v) is 5.07. The van der Waals surface area contributed by atoms with Crippen LogP contribution in [0.4, 0.5) is 4.39 Å². The van der Waals surface area contributed by atoms with Crippen LogP contribution in [-0.4, -0.2) is 40.5 Å². The van der Waals surface area contributed by atoms with Gasteiger partial charge < -0.3 is 10.1 Å². The highest BCUT2D eigenvalue weighted by Crippen LogP contribution is 2.12. The zero-order valence-corrected chi connectivity index (χ0v) is 15.4.